The summed E-state index contributed by atoms with van der Waals surface area (Å²) in [6.45, 7) is 2.46. The topological polar surface area (TPSA) is 68.9 Å². The smallest absolute Gasteiger partial charge is 0.300 e. The van der Waals surface area contributed by atoms with Gasteiger partial charge in [0.25, 0.3) is 0 Å². The SMILES string of the molecule is CCn1c(=O)n(CC(=O)Nc2nccs2)c2ccccc21. The van der Waals surface area contributed by atoms with Crippen molar-refractivity contribution in [3.05, 3.63) is 46.3 Å². The van der Waals surface area contributed by atoms with Crippen molar-refractivity contribution in [1.82, 2.24) is 14.1 Å². The van der Waals surface area contributed by atoms with Crippen molar-refractivity contribution in [3.8, 4) is 0 Å². The van der Waals surface area contributed by atoms with Crippen LogP contribution >= 0.6 is 11.3 Å². The zero-order valence-electron chi connectivity index (χ0n) is 11.4. The summed E-state index contributed by atoms with van der Waals surface area (Å²) in [5, 5.41) is 5.01. The summed E-state index contributed by atoms with van der Waals surface area (Å²) < 4.78 is 3.15. The molecule has 3 rings (SSSR count). The number of aryl methyl sites for hydroxylation is 1. The third-order valence-electron chi connectivity index (χ3n) is 3.22. The van der Waals surface area contributed by atoms with Crippen molar-refractivity contribution < 1.29 is 4.79 Å². The molecule has 1 amide bonds. The van der Waals surface area contributed by atoms with Gasteiger partial charge in [-0.25, -0.2) is 9.78 Å². The van der Waals surface area contributed by atoms with Crippen molar-refractivity contribution in [2.24, 2.45) is 0 Å². The lowest BCUT2D eigenvalue weighted by Crippen LogP contribution is -2.29. The Morgan fingerprint density at radius 1 is 1.29 bits per heavy atom. The normalized spacial score (nSPS) is 10.9. The van der Waals surface area contributed by atoms with Gasteiger partial charge in [0.1, 0.15) is 6.54 Å². The highest BCUT2D eigenvalue weighted by atomic mass is 32.1. The van der Waals surface area contributed by atoms with Crippen LogP contribution in [0, 0.1) is 0 Å². The number of thiazole rings is 1. The molecule has 108 valence electrons. The van der Waals surface area contributed by atoms with E-state index in [4.69, 9.17) is 0 Å². The summed E-state index contributed by atoms with van der Waals surface area (Å²) in [5.74, 6) is -0.258. The van der Waals surface area contributed by atoms with Gasteiger partial charge in [0.05, 0.1) is 11.0 Å². The molecule has 0 atom stereocenters. The summed E-state index contributed by atoms with van der Waals surface area (Å²) in [6, 6.07) is 7.47. The van der Waals surface area contributed by atoms with E-state index < -0.39 is 0 Å². The minimum Gasteiger partial charge on any atom is -0.300 e. The minimum absolute atomic E-state index is 0.0219. The lowest BCUT2D eigenvalue weighted by Gasteiger charge is -2.03. The minimum atomic E-state index is -0.258. The number of aromatic nitrogens is 3. The van der Waals surface area contributed by atoms with Crippen LogP contribution in [-0.2, 0) is 17.9 Å². The molecule has 0 aliphatic heterocycles. The maximum absolute atomic E-state index is 12.4. The van der Waals surface area contributed by atoms with Gasteiger partial charge in [-0.3, -0.25) is 13.9 Å². The molecule has 2 aromatic heterocycles. The molecule has 6 nitrogen and oxygen atoms in total. The molecule has 0 spiro atoms. The monoisotopic (exact) mass is 302 g/mol. The van der Waals surface area contributed by atoms with E-state index in [1.807, 2.05) is 31.2 Å². The zero-order valence-corrected chi connectivity index (χ0v) is 12.3. The number of carbonyl (C=O) groups excluding carboxylic acids is 1. The Balaban J connectivity index is 1.95. The fourth-order valence-corrected chi connectivity index (χ4v) is 2.86. The Bertz CT molecular complexity index is 832. The summed E-state index contributed by atoms with van der Waals surface area (Å²) in [7, 11) is 0. The Labute approximate surface area is 124 Å². The summed E-state index contributed by atoms with van der Waals surface area (Å²) in [5.41, 5.74) is 1.43. The molecule has 7 heteroatoms. The third-order valence-corrected chi connectivity index (χ3v) is 3.91. The number of rotatable bonds is 4. The van der Waals surface area contributed by atoms with Crippen molar-refractivity contribution in [1.29, 1.82) is 0 Å². The zero-order chi connectivity index (χ0) is 14.8. The van der Waals surface area contributed by atoms with Crippen LogP contribution in [0.2, 0.25) is 0 Å². The van der Waals surface area contributed by atoms with E-state index >= 15 is 0 Å². The number of para-hydroxylation sites is 2. The predicted molar refractivity (Wildman–Crippen MR) is 82.6 cm³/mol. The number of hydrogen-bond acceptors (Lipinski definition) is 4. The number of nitrogens with one attached hydrogen (secondary N) is 1. The van der Waals surface area contributed by atoms with Crippen LogP contribution in [0.5, 0.6) is 0 Å². The van der Waals surface area contributed by atoms with Crippen LogP contribution in [0.25, 0.3) is 11.0 Å². The highest BCUT2D eigenvalue weighted by Crippen LogP contribution is 2.14. The molecule has 1 N–H and O–H groups in total. The molecule has 21 heavy (non-hydrogen) atoms. The van der Waals surface area contributed by atoms with Crippen LogP contribution in [0.15, 0.2) is 40.6 Å². The molecule has 0 saturated heterocycles. The first-order valence-electron chi connectivity index (χ1n) is 6.58. The molecule has 3 aromatic rings. The highest BCUT2D eigenvalue weighted by molar-refractivity contribution is 7.13. The van der Waals surface area contributed by atoms with Crippen LogP contribution < -0.4 is 11.0 Å². The van der Waals surface area contributed by atoms with Gasteiger partial charge in [-0.15, -0.1) is 11.3 Å². The molecule has 0 radical (unpaired) electrons. The van der Waals surface area contributed by atoms with Gasteiger partial charge in [0.15, 0.2) is 5.13 Å². The van der Waals surface area contributed by atoms with Gasteiger partial charge in [-0.2, -0.15) is 0 Å². The second-order valence-electron chi connectivity index (χ2n) is 4.49. The summed E-state index contributed by atoms with van der Waals surface area (Å²) >= 11 is 1.34. The Kier molecular flexibility index (Phi) is 3.57. The van der Waals surface area contributed by atoms with E-state index in [-0.39, 0.29) is 18.1 Å². The maximum Gasteiger partial charge on any atom is 0.329 e. The van der Waals surface area contributed by atoms with E-state index in [1.165, 1.54) is 15.9 Å². The Morgan fingerprint density at radius 2 is 2.00 bits per heavy atom. The second-order valence-corrected chi connectivity index (χ2v) is 5.38. The molecule has 0 aliphatic rings. The molecule has 2 heterocycles. The lowest BCUT2D eigenvalue weighted by molar-refractivity contribution is -0.116. The average Bonchev–Trinajstić information content (AvgIpc) is 3.07. The van der Waals surface area contributed by atoms with Gasteiger partial charge in [0, 0.05) is 18.1 Å². The average molecular weight is 302 g/mol. The number of amides is 1. The van der Waals surface area contributed by atoms with E-state index in [0.29, 0.717) is 11.7 Å². The van der Waals surface area contributed by atoms with Crippen LogP contribution in [-0.4, -0.2) is 20.0 Å². The number of fused-ring (bicyclic) bond motifs is 1. The van der Waals surface area contributed by atoms with Gasteiger partial charge in [-0.1, -0.05) is 12.1 Å². The van der Waals surface area contributed by atoms with Crippen LogP contribution in [0.4, 0.5) is 5.13 Å². The maximum atomic E-state index is 12.4. The first kappa shape index (κ1) is 13.6. The molecule has 0 aliphatic carbocycles. The molecule has 0 fully saturated rings. The predicted octanol–water partition coefficient (Wildman–Crippen LogP) is 1.92. The van der Waals surface area contributed by atoms with Gasteiger partial charge in [0.2, 0.25) is 5.91 Å². The number of carbonyl (C=O) groups is 1. The first-order chi connectivity index (χ1) is 10.2. The summed E-state index contributed by atoms with van der Waals surface area (Å²) in [6.07, 6.45) is 1.62. The van der Waals surface area contributed by atoms with Crippen LogP contribution in [0.3, 0.4) is 0 Å². The third kappa shape index (κ3) is 2.47. The molecule has 0 unspecified atom stereocenters. The number of anilines is 1. The van der Waals surface area contributed by atoms with E-state index in [0.717, 1.165) is 11.0 Å². The van der Waals surface area contributed by atoms with Crippen molar-refractivity contribution >= 4 is 33.4 Å². The number of nitrogens with zero attached hydrogens (tertiary/aromatic N) is 3. The number of hydrogen-bond donors (Lipinski definition) is 1. The Hall–Kier alpha value is -2.41. The first-order valence-corrected chi connectivity index (χ1v) is 7.46. The van der Waals surface area contributed by atoms with Crippen molar-refractivity contribution in [2.45, 2.75) is 20.0 Å². The van der Waals surface area contributed by atoms with Gasteiger partial charge < -0.3 is 5.32 Å². The largest absolute Gasteiger partial charge is 0.329 e. The Morgan fingerprint density at radius 3 is 2.62 bits per heavy atom. The van der Waals surface area contributed by atoms with E-state index in [1.54, 1.807) is 16.1 Å². The standard InChI is InChI=1S/C14H14N4O2S/c1-2-17-10-5-3-4-6-11(10)18(14(17)20)9-12(19)16-13-15-7-8-21-13/h3-8H,2,9H2,1H3,(H,15,16,19). The molecular weight excluding hydrogens is 288 g/mol. The number of benzene rings is 1. The molecule has 0 bridgehead atoms. The van der Waals surface area contributed by atoms with Crippen molar-refractivity contribution in [2.75, 3.05) is 5.32 Å². The van der Waals surface area contributed by atoms with Crippen molar-refractivity contribution in [3.63, 3.8) is 0 Å². The van der Waals surface area contributed by atoms with Crippen LogP contribution in [0.1, 0.15) is 6.92 Å². The molecule has 1 aromatic carbocycles. The lowest BCUT2D eigenvalue weighted by atomic mass is 10.3. The fraction of sp³-hybridized carbons (Fsp3) is 0.214. The van der Waals surface area contributed by atoms with E-state index in [9.17, 15) is 9.59 Å². The second kappa shape index (κ2) is 5.53. The van der Waals surface area contributed by atoms with Gasteiger partial charge in [-0.05, 0) is 19.1 Å². The quantitative estimate of drug-likeness (QED) is 0.800. The van der Waals surface area contributed by atoms with E-state index in [2.05, 4.69) is 10.3 Å². The number of imidazole rings is 1. The fourth-order valence-electron chi connectivity index (χ4n) is 2.32. The van der Waals surface area contributed by atoms with Gasteiger partial charge >= 0.3 is 5.69 Å². The molecule has 0 saturated carbocycles. The summed E-state index contributed by atoms with van der Waals surface area (Å²) in [4.78, 5) is 28.4. The molecular formula is C14H14N4O2S. The highest BCUT2D eigenvalue weighted by Gasteiger charge is 2.14.